The first-order valence-corrected chi connectivity index (χ1v) is 7.96. The van der Waals surface area contributed by atoms with Crippen LogP contribution in [0.3, 0.4) is 0 Å². The van der Waals surface area contributed by atoms with E-state index in [-0.39, 0.29) is 0 Å². The van der Waals surface area contributed by atoms with Crippen molar-refractivity contribution in [1.29, 1.82) is 0 Å². The van der Waals surface area contributed by atoms with Crippen LogP contribution in [0.1, 0.15) is 65.7 Å². The van der Waals surface area contributed by atoms with E-state index in [4.69, 9.17) is 15.6 Å². The van der Waals surface area contributed by atoms with Crippen LogP contribution in [-0.4, -0.2) is 23.4 Å². The van der Waals surface area contributed by atoms with Gasteiger partial charge in [-0.2, -0.15) is 0 Å². The van der Waals surface area contributed by atoms with Crippen LogP contribution in [-0.2, 0) is 4.74 Å². The fourth-order valence-electron chi connectivity index (χ4n) is 3.44. The lowest BCUT2D eigenvalue weighted by Crippen LogP contribution is -2.41. The molecule has 1 rings (SSSR count). The second-order valence-corrected chi connectivity index (χ2v) is 6.81. The molecule has 0 aliphatic heterocycles. The molecule has 1 amide bonds. The van der Waals surface area contributed by atoms with Crippen molar-refractivity contribution in [3.05, 3.63) is 0 Å². The monoisotopic (exact) mass is 285 g/mol. The molecule has 0 aromatic rings. The van der Waals surface area contributed by atoms with Crippen molar-refractivity contribution >= 4 is 6.09 Å². The highest BCUT2D eigenvalue weighted by Crippen LogP contribution is 2.40. The van der Waals surface area contributed by atoms with E-state index in [0.29, 0.717) is 18.4 Å². The summed E-state index contributed by atoms with van der Waals surface area (Å²) in [5, 5.41) is 8.82. The van der Waals surface area contributed by atoms with Gasteiger partial charge in [-0.25, -0.2) is 4.79 Å². The summed E-state index contributed by atoms with van der Waals surface area (Å²) < 4.78 is 5.27. The SMILES string of the molecule is CC(C1CCC(CCCCO)CC1)C(C)(C)OC(N)=O. The first-order chi connectivity index (χ1) is 9.36. The molecule has 0 radical (unpaired) electrons. The Balaban J connectivity index is 2.38. The fourth-order valence-corrected chi connectivity index (χ4v) is 3.44. The third-order valence-electron chi connectivity index (χ3n) is 5.08. The molecule has 1 atom stereocenters. The van der Waals surface area contributed by atoms with Crippen LogP contribution < -0.4 is 5.73 Å². The van der Waals surface area contributed by atoms with Gasteiger partial charge in [0.1, 0.15) is 5.60 Å². The summed E-state index contributed by atoms with van der Waals surface area (Å²) in [6.45, 7) is 6.39. The topological polar surface area (TPSA) is 72.6 Å². The predicted octanol–water partition coefficient (Wildman–Crippen LogP) is 3.47. The van der Waals surface area contributed by atoms with E-state index < -0.39 is 11.7 Å². The third kappa shape index (κ3) is 5.31. The van der Waals surface area contributed by atoms with Gasteiger partial charge < -0.3 is 15.6 Å². The Morgan fingerprint density at radius 3 is 2.40 bits per heavy atom. The van der Waals surface area contributed by atoms with Crippen molar-refractivity contribution in [2.45, 2.75) is 71.3 Å². The molecule has 4 nitrogen and oxygen atoms in total. The van der Waals surface area contributed by atoms with Gasteiger partial charge in [-0.05, 0) is 50.9 Å². The van der Waals surface area contributed by atoms with Gasteiger partial charge in [0.25, 0.3) is 0 Å². The van der Waals surface area contributed by atoms with Gasteiger partial charge in [-0.3, -0.25) is 0 Å². The number of aliphatic hydroxyl groups excluding tert-OH is 1. The maximum atomic E-state index is 11.0. The molecule has 0 bridgehead atoms. The smallest absolute Gasteiger partial charge is 0.405 e. The molecule has 118 valence electrons. The van der Waals surface area contributed by atoms with Crippen molar-refractivity contribution in [3.63, 3.8) is 0 Å². The van der Waals surface area contributed by atoms with Crippen LogP contribution >= 0.6 is 0 Å². The first kappa shape index (κ1) is 17.3. The number of amides is 1. The highest BCUT2D eigenvalue weighted by molar-refractivity contribution is 5.65. The zero-order chi connectivity index (χ0) is 15.2. The van der Waals surface area contributed by atoms with Crippen LogP contribution in [0.4, 0.5) is 4.79 Å². The molecule has 4 heteroatoms. The van der Waals surface area contributed by atoms with E-state index in [0.717, 1.165) is 18.8 Å². The van der Waals surface area contributed by atoms with E-state index in [1.165, 1.54) is 32.1 Å². The highest BCUT2D eigenvalue weighted by Gasteiger charge is 2.36. The van der Waals surface area contributed by atoms with E-state index in [1.807, 2.05) is 13.8 Å². The number of hydrogen-bond acceptors (Lipinski definition) is 3. The average Bonchev–Trinajstić information content (AvgIpc) is 2.37. The molecule has 1 saturated carbocycles. The number of rotatable bonds is 7. The minimum atomic E-state index is -0.681. The predicted molar refractivity (Wildman–Crippen MR) is 80.3 cm³/mol. The quantitative estimate of drug-likeness (QED) is 0.703. The number of ether oxygens (including phenoxy) is 1. The van der Waals surface area contributed by atoms with Crippen molar-refractivity contribution in [2.24, 2.45) is 23.5 Å². The Kier molecular flexibility index (Phi) is 6.80. The molecule has 3 N–H and O–H groups in total. The van der Waals surface area contributed by atoms with E-state index in [2.05, 4.69) is 6.92 Å². The highest BCUT2D eigenvalue weighted by atomic mass is 16.6. The van der Waals surface area contributed by atoms with Crippen LogP contribution in [0, 0.1) is 17.8 Å². The number of nitrogens with two attached hydrogens (primary N) is 1. The summed E-state index contributed by atoms with van der Waals surface area (Å²) in [7, 11) is 0. The lowest BCUT2D eigenvalue weighted by molar-refractivity contribution is -0.0252. The van der Waals surface area contributed by atoms with Gasteiger partial charge in [0, 0.05) is 6.61 Å². The maximum absolute atomic E-state index is 11.0. The zero-order valence-electron chi connectivity index (χ0n) is 13.2. The Morgan fingerprint density at radius 2 is 1.90 bits per heavy atom. The lowest BCUT2D eigenvalue weighted by atomic mass is 9.70. The summed E-state index contributed by atoms with van der Waals surface area (Å²) in [5.41, 5.74) is 4.67. The number of hydrogen-bond donors (Lipinski definition) is 2. The maximum Gasteiger partial charge on any atom is 0.405 e. The molecule has 1 aliphatic carbocycles. The van der Waals surface area contributed by atoms with Gasteiger partial charge in [0.05, 0.1) is 0 Å². The van der Waals surface area contributed by atoms with E-state index >= 15 is 0 Å². The van der Waals surface area contributed by atoms with Crippen LogP contribution in [0.15, 0.2) is 0 Å². The number of unbranched alkanes of at least 4 members (excludes halogenated alkanes) is 1. The number of aliphatic hydroxyl groups is 1. The zero-order valence-corrected chi connectivity index (χ0v) is 13.2. The normalized spacial score (nSPS) is 25.2. The summed E-state index contributed by atoms with van der Waals surface area (Å²) in [6, 6.07) is 0. The Morgan fingerprint density at radius 1 is 1.30 bits per heavy atom. The first-order valence-electron chi connectivity index (χ1n) is 7.96. The average molecular weight is 285 g/mol. The van der Waals surface area contributed by atoms with Crippen molar-refractivity contribution in [3.8, 4) is 0 Å². The van der Waals surface area contributed by atoms with Crippen molar-refractivity contribution in [2.75, 3.05) is 6.61 Å². The summed E-state index contributed by atoms with van der Waals surface area (Å²) in [5.74, 6) is 1.75. The van der Waals surface area contributed by atoms with Crippen LogP contribution in [0.2, 0.25) is 0 Å². The van der Waals surface area contributed by atoms with Gasteiger partial charge in [-0.1, -0.05) is 32.6 Å². The molecule has 1 unspecified atom stereocenters. The van der Waals surface area contributed by atoms with Crippen molar-refractivity contribution in [1.82, 2.24) is 0 Å². The third-order valence-corrected chi connectivity index (χ3v) is 5.08. The fraction of sp³-hybridized carbons (Fsp3) is 0.938. The number of carbonyl (C=O) groups is 1. The van der Waals surface area contributed by atoms with E-state index in [1.54, 1.807) is 0 Å². The standard InChI is InChI=1S/C16H31NO3/c1-12(16(2,3)20-15(17)19)14-9-7-13(8-10-14)6-4-5-11-18/h12-14,18H,4-11H2,1-3H3,(H2,17,19). The molecule has 1 aliphatic rings. The summed E-state index contributed by atoms with van der Waals surface area (Å²) in [4.78, 5) is 11.0. The molecule has 0 aromatic heterocycles. The molecule has 0 aromatic carbocycles. The molecule has 0 heterocycles. The molecular weight excluding hydrogens is 254 g/mol. The second-order valence-electron chi connectivity index (χ2n) is 6.81. The Bertz CT molecular complexity index is 296. The van der Waals surface area contributed by atoms with Gasteiger partial charge in [0.15, 0.2) is 0 Å². The second kappa shape index (κ2) is 7.87. The van der Waals surface area contributed by atoms with Gasteiger partial charge >= 0.3 is 6.09 Å². The number of carbonyl (C=O) groups excluding carboxylic acids is 1. The molecule has 1 fully saturated rings. The van der Waals surface area contributed by atoms with Crippen LogP contribution in [0.5, 0.6) is 0 Å². The van der Waals surface area contributed by atoms with Crippen molar-refractivity contribution < 1.29 is 14.6 Å². The number of primary amides is 1. The Labute approximate surface area is 123 Å². The molecule has 20 heavy (non-hydrogen) atoms. The minimum Gasteiger partial charge on any atom is -0.443 e. The van der Waals surface area contributed by atoms with Crippen LogP contribution in [0.25, 0.3) is 0 Å². The molecule has 0 saturated heterocycles. The largest absolute Gasteiger partial charge is 0.443 e. The minimum absolute atomic E-state index is 0.311. The lowest BCUT2D eigenvalue weighted by Gasteiger charge is -2.39. The molecule has 0 spiro atoms. The Hall–Kier alpha value is -0.770. The summed E-state index contributed by atoms with van der Waals surface area (Å²) >= 11 is 0. The van der Waals surface area contributed by atoms with Gasteiger partial charge in [-0.15, -0.1) is 0 Å². The molecular formula is C16H31NO3. The van der Waals surface area contributed by atoms with E-state index in [9.17, 15) is 4.79 Å². The summed E-state index contributed by atoms with van der Waals surface area (Å²) in [6.07, 6.45) is 7.54. The van der Waals surface area contributed by atoms with Gasteiger partial charge in [0.2, 0.25) is 0 Å².